The first-order chi connectivity index (χ1) is 19.2. The molecule has 40 heavy (non-hydrogen) atoms. The van der Waals surface area contributed by atoms with Gasteiger partial charge in [0.15, 0.2) is 11.5 Å². The van der Waals surface area contributed by atoms with Gasteiger partial charge in [-0.1, -0.05) is 53.7 Å². The smallest absolute Gasteiger partial charge is 0.254 e. The number of dihydropyridines is 1. The largest absolute Gasteiger partial charge is 0.504 e. The van der Waals surface area contributed by atoms with E-state index < -0.39 is 5.92 Å². The Kier molecular flexibility index (Phi) is 9.04. The van der Waals surface area contributed by atoms with Crippen LogP contribution in [0.4, 0.5) is 11.4 Å². The summed E-state index contributed by atoms with van der Waals surface area (Å²) in [5, 5.41) is 30.4. The molecular formula is C30H27ClN4O4S. The first-order valence-corrected chi connectivity index (χ1v) is 13.6. The monoisotopic (exact) mass is 574 g/mol. The Hall–Kier alpha value is -4.39. The second-order valence-electron chi connectivity index (χ2n) is 8.95. The van der Waals surface area contributed by atoms with E-state index >= 15 is 0 Å². The van der Waals surface area contributed by atoms with E-state index in [9.17, 15) is 20.0 Å². The molecule has 4 N–H and O–H groups in total. The van der Waals surface area contributed by atoms with Crippen LogP contribution < -0.4 is 20.7 Å². The maximum Gasteiger partial charge on any atom is 0.254 e. The van der Waals surface area contributed by atoms with E-state index in [-0.39, 0.29) is 34.6 Å². The van der Waals surface area contributed by atoms with Gasteiger partial charge in [0.2, 0.25) is 5.91 Å². The van der Waals surface area contributed by atoms with Crippen LogP contribution in [0, 0.1) is 18.3 Å². The zero-order chi connectivity index (χ0) is 28.8. The summed E-state index contributed by atoms with van der Waals surface area (Å²) in [6.45, 7) is 3.56. The van der Waals surface area contributed by atoms with Gasteiger partial charge in [-0.05, 0) is 61.4 Å². The number of carbonyl (C=O) groups is 2. The van der Waals surface area contributed by atoms with Crippen molar-refractivity contribution in [3.63, 3.8) is 0 Å². The zero-order valence-corrected chi connectivity index (χ0v) is 23.6. The van der Waals surface area contributed by atoms with Crippen molar-refractivity contribution < 1.29 is 19.4 Å². The van der Waals surface area contributed by atoms with Gasteiger partial charge < -0.3 is 25.8 Å². The fourth-order valence-corrected chi connectivity index (χ4v) is 5.39. The molecule has 0 aromatic heterocycles. The van der Waals surface area contributed by atoms with Crippen LogP contribution in [0.3, 0.4) is 0 Å². The molecule has 1 heterocycles. The molecule has 0 bridgehead atoms. The molecular weight excluding hydrogens is 548 g/mol. The summed E-state index contributed by atoms with van der Waals surface area (Å²) in [7, 11) is 1.42. The number of phenols is 1. The maximum absolute atomic E-state index is 13.6. The minimum absolute atomic E-state index is 0.00388. The number of phenolic OH excluding ortho intramolecular Hbond substituents is 1. The van der Waals surface area contributed by atoms with Gasteiger partial charge in [0.05, 0.1) is 35.5 Å². The average Bonchev–Trinajstić information content (AvgIpc) is 2.94. The van der Waals surface area contributed by atoms with E-state index in [1.807, 2.05) is 25.1 Å². The van der Waals surface area contributed by atoms with Gasteiger partial charge in [-0.15, -0.1) is 0 Å². The van der Waals surface area contributed by atoms with Crippen molar-refractivity contribution in [3.05, 3.63) is 105 Å². The second kappa shape index (κ2) is 12.6. The highest BCUT2D eigenvalue weighted by molar-refractivity contribution is 8.03. The van der Waals surface area contributed by atoms with Crippen molar-refractivity contribution >= 4 is 46.6 Å². The number of thioether (sulfide) groups is 1. The van der Waals surface area contributed by atoms with E-state index in [0.29, 0.717) is 38.3 Å². The van der Waals surface area contributed by atoms with E-state index in [1.165, 1.54) is 13.2 Å². The molecule has 4 rings (SSSR count). The number of methoxy groups -OCH3 is 1. The van der Waals surface area contributed by atoms with Crippen LogP contribution >= 0.6 is 23.4 Å². The van der Waals surface area contributed by atoms with E-state index in [4.69, 9.17) is 16.3 Å². The molecule has 1 aliphatic heterocycles. The Balaban J connectivity index is 1.67. The Morgan fingerprint density at radius 2 is 1.85 bits per heavy atom. The molecule has 1 unspecified atom stereocenters. The minimum Gasteiger partial charge on any atom is -0.504 e. The third kappa shape index (κ3) is 6.25. The van der Waals surface area contributed by atoms with Gasteiger partial charge in [-0.25, -0.2) is 0 Å². The predicted octanol–water partition coefficient (Wildman–Crippen LogP) is 6.07. The number of rotatable bonds is 8. The lowest BCUT2D eigenvalue weighted by atomic mass is 9.82. The van der Waals surface area contributed by atoms with Gasteiger partial charge in [0.1, 0.15) is 0 Å². The lowest BCUT2D eigenvalue weighted by Crippen LogP contribution is -2.31. The van der Waals surface area contributed by atoms with Crippen LogP contribution in [0.25, 0.3) is 0 Å². The van der Waals surface area contributed by atoms with Crippen LogP contribution in [0.15, 0.2) is 88.6 Å². The number of amides is 2. The summed E-state index contributed by atoms with van der Waals surface area (Å²) >= 11 is 7.33. The number of nitrogens with one attached hydrogen (secondary N) is 3. The molecule has 0 saturated carbocycles. The highest BCUT2D eigenvalue weighted by Crippen LogP contribution is 2.43. The fraction of sp³-hybridized carbons (Fsp3) is 0.167. The van der Waals surface area contributed by atoms with Gasteiger partial charge in [-0.3, -0.25) is 9.59 Å². The fourth-order valence-electron chi connectivity index (χ4n) is 4.32. The van der Waals surface area contributed by atoms with Crippen LogP contribution in [0.5, 0.6) is 11.5 Å². The molecule has 3 aromatic carbocycles. The number of allylic oxidation sites excluding steroid dienone is 2. The van der Waals surface area contributed by atoms with Gasteiger partial charge in [0.25, 0.3) is 5.91 Å². The standard InChI is InChI=1S/C30H27ClN4O4S/c1-17-22(31)10-7-11-23(17)35-26(37)16-40-30-21(15-32)28(19-12-13-24(36)25(14-19)39-3)27(18(2)33-30)29(38)34-20-8-5-4-6-9-20/h4-14,28,33,36H,16H2,1-3H3,(H,34,38)(H,35,37). The Labute approximate surface area is 241 Å². The van der Waals surface area contributed by atoms with Crippen LogP contribution in [-0.2, 0) is 9.59 Å². The molecule has 1 atom stereocenters. The van der Waals surface area contributed by atoms with Crippen molar-refractivity contribution in [1.29, 1.82) is 5.26 Å². The second-order valence-corrected chi connectivity index (χ2v) is 10.3. The Morgan fingerprint density at radius 1 is 1.10 bits per heavy atom. The normalized spacial score (nSPS) is 14.7. The number of para-hydroxylation sites is 1. The maximum atomic E-state index is 13.6. The van der Waals surface area contributed by atoms with E-state index in [1.54, 1.807) is 49.4 Å². The van der Waals surface area contributed by atoms with Crippen LogP contribution in [0.2, 0.25) is 5.02 Å². The number of benzene rings is 3. The Morgan fingerprint density at radius 3 is 2.55 bits per heavy atom. The molecule has 0 aliphatic carbocycles. The first kappa shape index (κ1) is 28.6. The molecule has 0 spiro atoms. The third-order valence-electron chi connectivity index (χ3n) is 6.35. The highest BCUT2D eigenvalue weighted by atomic mass is 35.5. The third-order valence-corrected chi connectivity index (χ3v) is 7.78. The minimum atomic E-state index is -0.787. The number of ether oxygens (including phenoxy) is 1. The molecule has 0 radical (unpaired) electrons. The van der Waals surface area contributed by atoms with Gasteiger partial charge in [0, 0.05) is 27.7 Å². The zero-order valence-electron chi connectivity index (χ0n) is 22.0. The van der Waals surface area contributed by atoms with Crippen molar-refractivity contribution in [3.8, 4) is 17.6 Å². The molecule has 0 saturated heterocycles. The molecule has 2 amide bonds. The molecule has 0 fully saturated rings. The van der Waals surface area contributed by atoms with Crippen molar-refractivity contribution in [2.45, 2.75) is 19.8 Å². The number of anilines is 2. The number of carbonyl (C=O) groups excluding carboxylic acids is 2. The van der Waals surface area contributed by atoms with Crippen molar-refractivity contribution in [1.82, 2.24) is 5.32 Å². The lowest BCUT2D eigenvalue weighted by molar-refractivity contribution is -0.114. The van der Waals surface area contributed by atoms with E-state index in [0.717, 1.165) is 17.3 Å². The summed E-state index contributed by atoms with van der Waals surface area (Å²) in [6.07, 6.45) is 0. The molecule has 10 heteroatoms. The van der Waals surface area contributed by atoms with E-state index in [2.05, 4.69) is 22.0 Å². The van der Waals surface area contributed by atoms with Crippen molar-refractivity contribution in [2.75, 3.05) is 23.5 Å². The topological polar surface area (TPSA) is 123 Å². The summed E-state index contributed by atoms with van der Waals surface area (Å²) in [5.74, 6) is -1.31. The first-order valence-electron chi connectivity index (χ1n) is 12.3. The number of aromatic hydroxyl groups is 1. The summed E-state index contributed by atoms with van der Waals surface area (Å²) in [4.78, 5) is 26.4. The summed E-state index contributed by atoms with van der Waals surface area (Å²) in [6, 6.07) is 21.2. The SMILES string of the molecule is COc1cc(C2C(C#N)=C(SCC(=O)Nc3cccc(Cl)c3C)NC(C)=C2C(=O)Nc2ccccc2)ccc1O. The average molecular weight is 575 g/mol. The predicted molar refractivity (Wildman–Crippen MR) is 158 cm³/mol. The quantitative estimate of drug-likeness (QED) is 0.257. The molecule has 8 nitrogen and oxygen atoms in total. The van der Waals surface area contributed by atoms with Gasteiger partial charge in [-0.2, -0.15) is 5.26 Å². The molecule has 204 valence electrons. The van der Waals surface area contributed by atoms with Gasteiger partial charge >= 0.3 is 0 Å². The Bertz CT molecular complexity index is 1560. The number of nitrogens with zero attached hydrogens (tertiary/aromatic N) is 1. The number of nitriles is 1. The highest BCUT2D eigenvalue weighted by Gasteiger charge is 2.35. The summed E-state index contributed by atoms with van der Waals surface area (Å²) < 4.78 is 5.30. The number of hydrogen-bond acceptors (Lipinski definition) is 7. The molecule has 1 aliphatic rings. The number of halogens is 1. The molecule has 3 aromatic rings. The lowest BCUT2D eigenvalue weighted by Gasteiger charge is -2.30. The van der Waals surface area contributed by atoms with Crippen molar-refractivity contribution in [2.24, 2.45) is 0 Å². The summed E-state index contributed by atoms with van der Waals surface area (Å²) in [5.41, 5.74) is 3.65. The van der Waals surface area contributed by atoms with Crippen LogP contribution in [0.1, 0.15) is 24.0 Å². The number of hydrogen-bond donors (Lipinski definition) is 4. The van der Waals surface area contributed by atoms with Crippen LogP contribution in [-0.4, -0.2) is 29.8 Å².